The summed E-state index contributed by atoms with van der Waals surface area (Å²) in [5.74, 6) is -0.395. The maximum Gasteiger partial charge on any atom is 0.127 e. The number of benzene rings is 2. The Hall–Kier alpha value is -1.09. The third-order valence-corrected chi connectivity index (χ3v) is 3.72. The molecule has 1 nitrogen and oxygen atoms in total. The molecular formula is C16H15Cl2FO. The van der Waals surface area contributed by atoms with Crippen LogP contribution in [-0.2, 0) is 12.8 Å². The standard InChI is InChI=1S/C16H15Cl2FO/c1-16(20,9-11-5-7-12(17)8-6-11)10-13-14(18)3-2-4-15(13)19/h2-8,20H,9-10H2,1H3. The molecule has 0 radical (unpaired) electrons. The largest absolute Gasteiger partial charge is 0.389 e. The summed E-state index contributed by atoms with van der Waals surface area (Å²) >= 11 is 11.8. The summed E-state index contributed by atoms with van der Waals surface area (Å²) in [7, 11) is 0. The molecule has 0 spiro atoms. The van der Waals surface area contributed by atoms with Gasteiger partial charge in [-0.3, -0.25) is 0 Å². The second kappa shape index (κ2) is 6.13. The average Bonchev–Trinajstić information content (AvgIpc) is 2.37. The molecule has 4 heteroatoms. The lowest BCUT2D eigenvalue weighted by atomic mass is 9.89. The number of halogens is 3. The zero-order chi connectivity index (χ0) is 14.8. The predicted octanol–water partition coefficient (Wildman–Crippen LogP) is 4.67. The number of aliphatic hydroxyl groups is 1. The molecular weight excluding hydrogens is 298 g/mol. The Kier molecular flexibility index (Phi) is 4.69. The van der Waals surface area contributed by atoms with E-state index in [1.807, 2.05) is 12.1 Å². The van der Waals surface area contributed by atoms with E-state index < -0.39 is 11.4 Å². The molecule has 1 N–H and O–H groups in total. The smallest absolute Gasteiger partial charge is 0.127 e. The van der Waals surface area contributed by atoms with E-state index in [9.17, 15) is 9.50 Å². The molecule has 0 amide bonds. The van der Waals surface area contributed by atoms with Gasteiger partial charge in [0, 0.05) is 28.5 Å². The Morgan fingerprint density at radius 2 is 1.70 bits per heavy atom. The van der Waals surface area contributed by atoms with Crippen LogP contribution in [0.3, 0.4) is 0 Å². The van der Waals surface area contributed by atoms with Crippen LogP contribution >= 0.6 is 23.2 Å². The summed E-state index contributed by atoms with van der Waals surface area (Å²) in [6.07, 6.45) is 0.552. The third-order valence-electron chi connectivity index (χ3n) is 3.12. The Morgan fingerprint density at radius 3 is 2.30 bits per heavy atom. The molecule has 0 fully saturated rings. The van der Waals surface area contributed by atoms with E-state index in [0.29, 0.717) is 22.0 Å². The first-order valence-electron chi connectivity index (χ1n) is 6.27. The van der Waals surface area contributed by atoms with Crippen molar-refractivity contribution < 1.29 is 9.50 Å². The average molecular weight is 313 g/mol. The summed E-state index contributed by atoms with van der Waals surface area (Å²) in [4.78, 5) is 0. The van der Waals surface area contributed by atoms with Crippen molar-refractivity contribution in [1.29, 1.82) is 0 Å². The molecule has 2 aromatic rings. The van der Waals surface area contributed by atoms with Crippen LogP contribution in [0.15, 0.2) is 42.5 Å². The number of hydrogen-bond donors (Lipinski definition) is 1. The fourth-order valence-corrected chi connectivity index (χ4v) is 2.54. The highest BCUT2D eigenvalue weighted by Gasteiger charge is 2.24. The van der Waals surface area contributed by atoms with Crippen molar-refractivity contribution in [2.45, 2.75) is 25.4 Å². The molecule has 0 aliphatic carbocycles. The normalized spacial score (nSPS) is 14.1. The van der Waals surface area contributed by atoms with Gasteiger partial charge < -0.3 is 5.11 Å². The molecule has 0 aliphatic rings. The van der Waals surface area contributed by atoms with Crippen LogP contribution in [0.5, 0.6) is 0 Å². The van der Waals surface area contributed by atoms with Crippen molar-refractivity contribution in [2.24, 2.45) is 0 Å². The quantitative estimate of drug-likeness (QED) is 0.870. The first kappa shape index (κ1) is 15.3. The highest BCUT2D eigenvalue weighted by Crippen LogP contribution is 2.26. The van der Waals surface area contributed by atoms with Gasteiger partial charge in [0.1, 0.15) is 5.82 Å². The fourth-order valence-electron chi connectivity index (χ4n) is 2.19. The second-order valence-corrected chi connectivity index (χ2v) is 6.02. The zero-order valence-electron chi connectivity index (χ0n) is 11.0. The van der Waals surface area contributed by atoms with E-state index in [0.717, 1.165) is 5.56 Å². The van der Waals surface area contributed by atoms with Crippen molar-refractivity contribution >= 4 is 23.2 Å². The molecule has 1 unspecified atom stereocenters. The van der Waals surface area contributed by atoms with E-state index in [4.69, 9.17) is 23.2 Å². The van der Waals surface area contributed by atoms with Gasteiger partial charge in [-0.1, -0.05) is 41.4 Å². The van der Waals surface area contributed by atoms with Gasteiger partial charge in [0.15, 0.2) is 0 Å². The van der Waals surface area contributed by atoms with Crippen molar-refractivity contribution in [1.82, 2.24) is 0 Å². The molecule has 0 aromatic heterocycles. The lowest BCUT2D eigenvalue weighted by molar-refractivity contribution is 0.0599. The van der Waals surface area contributed by atoms with E-state index in [-0.39, 0.29) is 6.42 Å². The third kappa shape index (κ3) is 3.95. The summed E-state index contributed by atoms with van der Waals surface area (Å²) in [5.41, 5.74) is 0.194. The summed E-state index contributed by atoms with van der Waals surface area (Å²) in [5, 5.41) is 11.5. The lowest BCUT2D eigenvalue weighted by Crippen LogP contribution is -2.30. The Labute approximate surface area is 128 Å². The molecule has 0 aliphatic heterocycles. The van der Waals surface area contributed by atoms with Crippen molar-refractivity contribution in [3.63, 3.8) is 0 Å². The molecule has 0 bridgehead atoms. The summed E-state index contributed by atoms with van der Waals surface area (Å²) in [6.45, 7) is 1.67. The van der Waals surface area contributed by atoms with Gasteiger partial charge in [0.05, 0.1) is 5.60 Å². The van der Waals surface area contributed by atoms with Crippen LogP contribution in [0.2, 0.25) is 10.0 Å². The van der Waals surface area contributed by atoms with Crippen molar-refractivity contribution in [3.05, 3.63) is 69.5 Å². The molecule has 0 saturated heterocycles. The highest BCUT2D eigenvalue weighted by atomic mass is 35.5. The van der Waals surface area contributed by atoms with Crippen LogP contribution in [0.4, 0.5) is 4.39 Å². The Bertz CT molecular complexity index is 574. The summed E-state index contributed by atoms with van der Waals surface area (Å²) < 4.78 is 13.8. The lowest BCUT2D eigenvalue weighted by Gasteiger charge is -2.24. The van der Waals surface area contributed by atoms with Crippen LogP contribution in [-0.4, -0.2) is 10.7 Å². The van der Waals surface area contributed by atoms with E-state index >= 15 is 0 Å². The molecule has 1 atom stereocenters. The minimum atomic E-state index is -1.08. The van der Waals surface area contributed by atoms with Gasteiger partial charge >= 0.3 is 0 Å². The number of rotatable bonds is 4. The first-order valence-corrected chi connectivity index (χ1v) is 7.03. The van der Waals surface area contributed by atoms with Gasteiger partial charge in [0.2, 0.25) is 0 Å². The second-order valence-electron chi connectivity index (χ2n) is 5.18. The van der Waals surface area contributed by atoms with Crippen LogP contribution < -0.4 is 0 Å². The number of hydrogen-bond acceptors (Lipinski definition) is 1. The topological polar surface area (TPSA) is 20.2 Å². The molecule has 2 aromatic carbocycles. The SMILES string of the molecule is CC(O)(Cc1ccc(Cl)cc1)Cc1c(F)cccc1Cl. The predicted molar refractivity (Wildman–Crippen MR) is 80.9 cm³/mol. The Balaban J connectivity index is 2.16. The van der Waals surface area contributed by atoms with Gasteiger partial charge in [-0.05, 0) is 36.8 Å². The minimum Gasteiger partial charge on any atom is -0.389 e. The van der Waals surface area contributed by atoms with Crippen LogP contribution in [0.25, 0.3) is 0 Å². The van der Waals surface area contributed by atoms with Crippen LogP contribution in [0.1, 0.15) is 18.1 Å². The van der Waals surface area contributed by atoms with Gasteiger partial charge in [-0.25, -0.2) is 4.39 Å². The molecule has 2 rings (SSSR count). The minimum absolute atomic E-state index is 0.154. The zero-order valence-corrected chi connectivity index (χ0v) is 12.5. The van der Waals surface area contributed by atoms with Gasteiger partial charge in [-0.15, -0.1) is 0 Å². The Morgan fingerprint density at radius 1 is 1.05 bits per heavy atom. The van der Waals surface area contributed by atoms with Crippen LogP contribution in [0, 0.1) is 5.82 Å². The van der Waals surface area contributed by atoms with E-state index in [1.54, 1.807) is 31.2 Å². The first-order chi connectivity index (χ1) is 9.37. The fraction of sp³-hybridized carbons (Fsp3) is 0.250. The molecule has 106 valence electrons. The van der Waals surface area contributed by atoms with Gasteiger partial charge in [-0.2, -0.15) is 0 Å². The maximum atomic E-state index is 13.8. The van der Waals surface area contributed by atoms with Crippen molar-refractivity contribution in [2.75, 3.05) is 0 Å². The monoisotopic (exact) mass is 312 g/mol. The maximum absolute atomic E-state index is 13.8. The van der Waals surface area contributed by atoms with Crippen molar-refractivity contribution in [3.8, 4) is 0 Å². The molecule has 0 heterocycles. The van der Waals surface area contributed by atoms with Gasteiger partial charge in [0.25, 0.3) is 0 Å². The van der Waals surface area contributed by atoms with E-state index in [1.165, 1.54) is 6.07 Å². The molecule has 0 saturated carbocycles. The van der Waals surface area contributed by atoms with E-state index in [2.05, 4.69) is 0 Å². The highest BCUT2D eigenvalue weighted by molar-refractivity contribution is 6.31. The molecule has 20 heavy (non-hydrogen) atoms. The summed E-state index contributed by atoms with van der Waals surface area (Å²) in [6, 6.07) is 11.7.